The van der Waals surface area contributed by atoms with Crippen molar-refractivity contribution in [2.75, 3.05) is 6.54 Å². The highest BCUT2D eigenvalue weighted by atomic mass is 16.6. The van der Waals surface area contributed by atoms with Gasteiger partial charge in [0, 0.05) is 35.8 Å². The average Bonchev–Trinajstić information content (AvgIpc) is 2.95. The molecule has 3 rings (SSSR count). The van der Waals surface area contributed by atoms with E-state index in [1.165, 1.54) is 24.3 Å². The lowest BCUT2D eigenvalue weighted by molar-refractivity contribution is -0.384. The highest BCUT2D eigenvalue weighted by Gasteiger charge is 2.35. The molecule has 1 aromatic carbocycles. The average molecular weight is 394 g/mol. The maximum absolute atomic E-state index is 12.6. The number of non-ortho nitro benzene ring substituents is 1. The fourth-order valence-electron chi connectivity index (χ4n) is 3.20. The third-order valence-electron chi connectivity index (χ3n) is 4.59. The van der Waals surface area contributed by atoms with Gasteiger partial charge in [0.1, 0.15) is 5.57 Å². The molecule has 148 valence electrons. The molecule has 29 heavy (non-hydrogen) atoms. The summed E-state index contributed by atoms with van der Waals surface area (Å²) >= 11 is 0. The standard InChI is InChI=1S/C20H18N4O5/c1-4-9-22-19(26)17(18(25)21-20(22)27)11-14-10-12(2)23(13(14)3)15-5-7-16(8-6-15)24(28)29/h4-8,10-11H,1,9H2,2-3H3,(H,21,25,27)/b17-11-. The van der Waals surface area contributed by atoms with Gasteiger partial charge in [0.2, 0.25) is 0 Å². The van der Waals surface area contributed by atoms with Crippen LogP contribution in [0.3, 0.4) is 0 Å². The molecule has 1 N–H and O–H groups in total. The number of amides is 4. The van der Waals surface area contributed by atoms with Crippen LogP contribution < -0.4 is 5.32 Å². The minimum absolute atomic E-state index is 0.0168. The van der Waals surface area contributed by atoms with Gasteiger partial charge in [-0.05, 0) is 43.7 Å². The number of nitrogens with one attached hydrogen (secondary N) is 1. The summed E-state index contributed by atoms with van der Waals surface area (Å²) in [5.41, 5.74) is 2.69. The first kappa shape index (κ1) is 19.7. The second kappa shape index (κ2) is 7.55. The summed E-state index contributed by atoms with van der Waals surface area (Å²) in [5, 5.41) is 13.0. The molecule has 9 heteroatoms. The molecule has 0 aliphatic carbocycles. The van der Waals surface area contributed by atoms with E-state index >= 15 is 0 Å². The number of carbonyl (C=O) groups is 3. The van der Waals surface area contributed by atoms with Crippen molar-refractivity contribution in [3.05, 3.63) is 75.6 Å². The third-order valence-corrected chi connectivity index (χ3v) is 4.59. The van der Waals surface area contributed by atoms with Gasteiger partial charge >= 0.3 is 6.03 Å². The van der Waals surface area contributed by atoms with Crippen molar-refractivity contribution in [1.82, 2.24) is 14.8 Å². The van der Waals surface area contributed by atoms with E-state index in [1.54, 1.807) is 25.1 Å². The van der Waals surface area contributed by atoms with E-state index in [0.717, 1.165) is 16.3 Å². The van der Waals surface area contributed by atoms with E-state index in [1.807, 2.05) is 11.5 Å². The van der Waals surface area contributed by atoms with Gasteiger partial charge in [0.15, 0.2) is 0 Å². The number of carbonyl (C=O) groups excluding carboxylic acids is 3. The molecule has 0 bridgehead atoms. The van der Waals surface area contributed by atoms with E-state index in [-0.39, 0.29) is 17.8 Å². The molecule has 1 aromatic heterocycles. The SMILES string of the molecule is C=CCN1C(=O)NC(=O)/C(=C/c2cc(C)n(-c3ccc([N+](=O)[O-])cc3)c2C)C1=O. The van der Waals surface area contributed by atoms with Crippen molar-refractivity contribution in [2.45, 2.75) is 13.8 Å². The fourth-order valence-corrected chi connectivity index (χ4v) is 3.20. The zero-order valence-corrected chi connectivity index (χ0v) is 15.8. The summed E-state index contributed by atoms with van der Waals surface area (Å²) in [5.74, 6) is -1.46. The van der Waals surface area contributed by atoms with Crippen molar-refractivity contribution in [1.29, 1.82) is 0 Å². The van der Waals surface area contributed by atoms with Gasteiger partial charge in [-0.25, -0.2) is 4.79 Å². The Labute approximate surface area is 166 Å². The van der Waals surface area contributed by atoms with Crippen LogP contribution in [-0.2, 0) is 9.59 Å². The highest BCUT2D eigenvalue weighted by molar-refractivity contribution is 6.31. The van der Waals surface area contributed by atoms with Crippen LogP contribution in [0.2, 0.25) is 0 Å². The van der Waals surface area contributed by atoms with Gasteiger partial charge in [0.25, 0.3) is 17.5 Å². The Morgan fingerprint density at radius 2 is 1.83 bits per heavy atom. The van der Waals surface area contributed by atoms with Gasteiger partial charge in [-0.3, -0.25) is 29.9 Å². The molecular formula is C20H18N4O5. The van der Waals surface area contributed by atoms with E-state index in [0.29, 0.717) is 11.3 Å². The number of nitro groups is 1. The van der Waals surface area contributed by atoms with Crippen molar-refractivity contribution in [3.8, 4) is 5.69 Å². The van der Waals surface area contributed by atoms with Crippen LogP contribution in [0.5, 0.6) is 0 Å². The number of hydrogen-bond donors (Lipinski definition) is 1. The minimum Gasteiger partial charge on any atom is -0.318 e. The van der Waals surface area contributed by atoms with Crippen LogP contribution in [0, 0.1) is 24.0 Å². The summed E-state index contributed by atoms with van der Waals surface area (Å²) in [6.07, 6.45) is 2.83. The number of nitrogens with zero attached hydrogens (tertiary/aromatic N) is 3. The number of imide groups is 2. The predicted octanol–water partition coefficient (Wildman–Crippen LogP) is 2.65. The lowest BCUT2D eigenvalue weighted by Gasteiger charge is -2.25. The van der Waals surface area contributed by atoms with E-state index in [2.05, 4.69) is 11.9 Å². The van der Waals surface area contributed by atoms with Crippen LogP contribution in [0.25, 0.3) is 11.8 Å². The first-order valence-corrected chi connectivity index (χ1v) is 8.68. The maximum Gasteiger partial charge on any atom is 0.331 e. The molecule has 1 fully saturated rings. The fraction of sp³-hybridized carbons (Fsp3) is 0.150. The number of barbiturate groups is 1. The first-order valence-electron chi connectivity index (χ1n) is 8.68. The molecule has 1 saturated heterocycles. The van der Waals surface area contributed by atoms with Gasteiger partial charge < -0.3 is 4.57 Å². The van der Waals surface area contributed by atoms with Crippen molar-refractivity contribution >= 4 is 29.6 Å². The van der Waals surface area contributed by atoms with E-state index < -0.39 is 22.8 Å². The van der Waals surface area contributed by atoms with Gasteiger partial charge in [-0.1, -0.05) is 6.08 Å². The molecule has 1 aliphatic heterocycles. The molecule has 0 unspecified atom stereocenters. The van der Waals surface area contributed by atoms with Gasteiger partial charge in [-0.15, -0.1) is 6.58 Å². The van der Waals surface area contributed by atoms with Crippen LogP contribution in [0.1, 0.15) is 17.0 Å². The molecule has 2 aromatic rings. The second-order valence-corrected chi connectivity index (χ2v) is 6.46. The Balaban J connectivity index is 2.02. The van der Waals surface area contributed by atoms with Gasteiger partial charge in [0.05, 0.1) is 4.92 Å². The summed E-state index contributed by atoms with van der Waals surface area (Å²) in [6.45, 7) is 7.14. The van der Waals surface area contributed by atoms with Crippen molar-refractivity contribution in [2.24, 2.45) is 0 Å². The number of aryl methyl sites for hydroxylation is 1. The zero-order valence-electron chi connectivity index (χ0n) is 15.8. The Bertz CT molecular complexity index is 1080. The summed E-state index contributed by atoms with van der Waals surface area (Å²) in [4.78, 5) is 47.9. The van der Waals surface area contributed by atoms with Gasteiger partial charge in [-0.2, -0.15) is 0 Å². The van der Waals surface area contributed by atoms with Crippen LogP contribution >= 0.6 is 0 Å². The van der Waals surface area contributed by atoms with E-state index in [9.17, 15) is 24.5 Å². The smallest absolute Gasteiger partial charge is 0.318 e. The predicted molar refractivity (Wildman–Crippen MR) is 105 cm³/mol. The van der Waals surface area contributed by atoms with Crippen LogP contribution in [-0.4, -0.2) is 38.8 Å². The normalized spacial score (nSPS) is 15.6. The van der Waals surface area contributed by atoms with E-state index in [4.69, 9.17) is 0 Å². The summed E-state index contributed by atoms with van der Waals surface area (Å²) in [7, 11) is 0. The molecule has 0 spiro atoms. The van der Waals surface area contributed by atoms with Crippen molar-refractivity contribution in [3.63, 3.8) is 0 Å². The lowest BCUT2D eigenvalue weighted by Crippen LogP contribution is -2.54. The molecule has 2 heterocycles. The zero-order chi connectivity index (χ0) is 21.3. The summed E-state index contributed by atoms with van der Waals surface area (Å²) in [6, 6.07) is 7.06. The van der Waals surface area contributed by atoms with Crippen LogP contribution in [0.15, 0.2) is 48.6 Å². The second-order valence-electron chi connectivity index (χ2n) is 6.46. The molecular weight excluding hydrogens is 376 g/mol. The number of nitro benzene ring substituents is 1. The molecule has 9 nitrogen and oxygen atoms in total. The first-order chi connectivity index (χ1) is 13.7. The third kappa shape index (κ3) is 3.57. The molecule has 1 aliphatic rings. The Hall–Kier alpha value is -4.01. The molecule has 4 amide bonds. The lowest BCUT2D eigenvalue weighted by atomic mass is 10.1. The Morgan fingerprint density at radius 3 is 2.41 bits per heavy atom. The number of hydrogen-bond acceptors (Lipinski definition) is 5. The quantitative estimate of drug-likeness (QED) is 0.275. The highest BCUT2D eigenvalue weighted by Crippen LogP contribution is 2.25. The summed E-state index contributed by atoms with van der Waals surface area (Å²) < 4.78 is 1.86. The van der Waals surface area contributed by atoms with Crippen LogP contribution in [0.4, 0.5) is 10.5 Å². The minimum atomic E-state index is -0.784. The maximum atomic E-state index is 12.6. The number of benzene rings is 1. The largest absolute Gasteiger partial charge is 0.331 e. The monoisotopic (exact) mass is 394 g/mol. The Kier molecular flexibility index (Phi) is 5.14. The molecule has 0 saturated carbocycles. The molecule has 0 radical (unpaired) electrons. The topological polar surface area (TPSA) is 115 Å². The molecule has 0 atom stereocenters. The Morgan fingerprint density at radius 1 is 1.17 bits per heavy atom. The number of urea groups is 1. The van der Waals surface area contributed by atoms with Crippen molar-refractivity contribution < 1.29 is 19.3 Å². The number of aromatic nitrogens is 1. The number of rotatable bonds is 5.